The number of amides is 1. The van der Waals surface area contributed by atoms with Crippen molar-refractivity contribution in [3.8, 4) is 0 Å². The molecule has 0 atom stereocenters. The van der Waals surface area contributed by atoms with Gasteiger partial charge in [0, 0.05) is 17.4 Å². The van der Waals surface area contributed by atoms with Crippen molar-refractivity contribution in [2.45, 2.75) is 20.4 Å². The first-order valence-corrected chi connectivity index (χ1v) is 7.23. The highest BCUT2D eigenvalue weighted by atomic mass is 16.2. The van der Waals surface area contributed by atoms with Gasteiger partial charge in [-0.1, -0.05) is 37.3 Å². The van der Waals surface area contributed by atoms with Crippen molar-refractivity contribution in [2.75, 3.05) is 6.54 Å². The van der Waals surface area contributed by atoms with E-state index in [0.717, 1.165) is 10.9 Å². The van der Waals surface area contributed by atoms with Gasteiger partial charge in [0.1, 0.15) is 5.69 Å². The number of aromatic amines is 2. The lowest BCUT2D eigenvalue weighted by Gasteiger charge is -2.22. The van der Waals surface area contributed by atoms with Crippen LogP contribution in [0, 0.1) is 5.92 Å². The first-order chi connectivity index (χ1) is 10.6. The third-order valence-electron chi connectivity index (χ3n) is 3.35. The fourth-order valence-electron chi connectivity index (χ4n) is 2.44. The lowest BCUT2D eigenvalue weighted by atomic mass is 10.2. The minimum Gasteiger partial charge on any atom is -0.351 e. The van der Waals surface area contributed by atoms with E-state index in [4.69, 9.17) is 0 Å². The second-order valence-electron chi connectivity index (χ2n) is 5.68. The third-order valence-corrected chi connectivity index (χ3v) is 3.35. The molecule has 22 heavy (non-hydrogen) atoms. The number of tetrazole rings is 1. The normalized spacial score (nSPS) is 11.2. The summed E-state index contributed by atoms with van der Waals surface area (Å²) in [6.45, 7) is 5.11. The molecule has 3 rings (SSSR count). The predicted molar refractivity (Wildman–Crippen MR) is 82.1 cm³/mol. The van der Waals surface area contributed by atoms with Gasteiger partial charge in [0.2, 0.25) is 0 Å². The van der Waals surface area contributed by atoms with Gasteiger partial charge in [-0.2, -0.15) is 5.21 Å². The fourth-order valence-corrected chi connectivity index (χ4v) is 2.44. The van der Waals surface area contributed by atoms with E-state index < -0.39 is 0 Å². The molecule has 0 saturated heterocycles. The van der Waals surface area contributed by atoms with Crippen LogP contribution < -0.4 is 0 Å². The average Bonchev–Trinajstić information content (AvgIpc) is 3.14. The number of para-hydroxylation sites is 1. The minimum atomic E-state index is -0.0605. The molecular formula is C15H18N6O. The van der Waals surface area contributed by atoms with Gasteiger partial charge in [-0.3, -0.25) is 4.79 Å². The molecule has 114 valence electrons. The predicted octanol–water partition coefficient (Wildman–Crippen LogP) is 1.98. The van der Waals surface area contributed by atoms with Crippen LogP contribution in [0.15, 0.2) is 30.3 Å². The summed E-state index contributed by atoms with van der Waals surface area (Å²) < 4.78 is 0. The fraction of sp³-hybridized carbons (Fsp3) is 0.333. The second kappa shape index (κ2) is 5.97. The molecule has 0 aliphatic heterocycles. The molecule has 3 aromatic rings. The molecule has 1 amide bonds. The van der Waals surface area contributed by atoms with Crippen LogP contribution in [0.1, 0.15) is 30.2 Å². The Bertz CT molecular complexity index is 728. The summed E-state index contributed by atoms with van der Waals surface area (Å²) in [5.74, 6) is 0.792. The van der Waals surface area contributed by atoms with Crippen LogP contribution in [-0.4, -0.2) is 43.0 Å². The smallest absolute Gasteiger partial charge is 0.270 e. The van der Waals surface area contributed by atoms with Crippen LogP contribution >= 0.6 is 0 Å². The minimum absolute atomic E-state index is 0.0605. The van der Waals surface area contributed by atoms with Crippen molar-refractivity contribution in [3.63, 3.8) is 0 Å². The summed E-state index contributed by atoms with van der Waals surface area (Å²) in [6.07, 6.45) is 0. The molecule has 2 N–H and O–H groups in total. The maximum atomic E-state index is 12.8. The third kappa shape index (κ3) is 2.98. The highest BCUT2D eigenvalue weighted by molar-refractivity contribution is 5.97. The van der Waals surface area contributed by atoms with E-state index >= 15 is 0 Å². The highest BCUT2D eigenvalue weighted by Crippen LogP contribution is 2.17. The number of hydrogen-bond donors (Lipinski definition) is 2. The summed E-state index contributed by atoms with van der Waals surface area (Å²) in [5.41, 5.74) is 1.53. The Kier molecular flexibility index (Phi) is 3.86. The topological polar surface area (TPSA) is 90.6 Å². The van der Waals surface area contributed by atoms with Crippen LogP contribution in [-0.2, 0) is 6.54 Å². The molecule has 7 nitrogen and oxygen atoms in total. The van der Waals surface area contributed by atoms with Gasteiger partial charge in [-0.15, -0.1) is 10.2 Å². The van der Waals surface area contributed by atoms with Crippen LogP contribution in [0.25, 0.3) is 10.9 Å². The number of carbonyl (C=O) groups is 1. The Morgan fingerprint density at radius 3 is 2.82 bits per heavy atom. The van der Waals surface area contributed by atoms with Crippen molar-refractivity contribution < 1.29 is 4.79 Å². The Morgan fingerprint density at radius 2 is 2.14 bits per heavy atom. The number of carbonyl (C=O) groups excluding carboxylic acids is 1. The first kappa shape index (κ1) is 14.2. The average molecular weight is 298 g/mol. The molecule has 7 heteroatoms. The number of H-pyrrole nitrogens is 2. The van der Waals surface area contributed by atoms with E-state index in [9.17, 15) is 4.79 Å². The van der Waals surface area contributed by atoms with Crippen molar-refractivity contribution >= 4 is 16.8 Å². The molecule has 0 unspecified atom stereocenters. The first-order valence-electron chi connectivity index (χ1n) is 7.23. The van der Waals surface area contributed by atoms with Gasteiger partial charge in [-0.05, 0) is 18.1 Å². The summed E-state index contributed by atoms with van der Waals surface area (Å²) >= 11 is 0. The Labute approximate surface area is 127 Å². The summed E-state index contributed by atoms with van der Waals surface area (Å²) in [4.78, 5) is 17.7. The summed E-state index contributed by atoms with van der Waals surface area (Å²) in [6, 6.07) is 9.71. The molecule has 0 aliphatic rings. The molecule has 0 saturated carbocycles. The molecule has 1 aromatic carbocycles. The number of hydrogen-bond acceptors (Lipinski definition) is 4. The highest BCUT2D eigenvalue weighted by Gasteiger charge is 2.20. The van der Waals surface area contributed by atoms with Crippen LogP contribution in [0.4, 0.5) is 0 Å². The lowest BCUT2D eigenvalue weighted by molar-refractivity contribution is 0.0713. The quantitative estimate of drug-likeness (QED) is 0.753. The van der Waals surface area contributed by atoms with E-state index in [1.807, 2.05) is 30.3 Å². The Morgan fingerprint density at radius 1 is 1.32 bits per heavy atom. The van der Waals surface area contributed by atoms with Crippen LogP contribution in [0.5, 0.6) is 0 Å². The Hall–Kier alpha value is -2.70. The summed E-state index contributed by atoms with van der Waals surface area (Å²) in [5, 5.41) is 14.8. The van der Waals surface area contributed by atoms with Gasteiger partial charge >= 0.3 is 0 Å². The number of nitrogens with zero attached hydrogens (tertiary/aromatic N) is 4. The van der Waals surface area contributed by atoms with E-state index in [2.05, 4.69) is 39.5 Å². The maximum absolute atomic E-state index is 12.8. The monoisotopic (exact) mass is 298 g/mol. The standard InChI is InChI=1S/C15H18N6O/c1-10(2)8-21(9-14-17-19-20-18-14)15(22)13-7-11-5-3-4-6-12(11)16-13/h3-7,10,16H,8-9H2,1-2H3,(H,17,18,19,20). The number of aromatic nitrogens is 5. The number of nitrogens with one attached hydrogen (secondary N) is 2. The van der Waals surface area contributed by atoms with E-state index in [1.54, 1.807) is 4.90 Å². The second-order valence-corrected chi connectivity index (χ2v) is 5.68. The van der Waals surface area contributed by atoms with E-state index in [0.29, 0.717) is 30.5 Å². The van der Waals surface area contributed by atoms with Gasteiger partial charge in [0.25, 0.3) is 5.91 Å². The van der Waals surface area contributed by atoms with Crippen molar-refractivity contribution in [3.05, 3.63) is 41.9 Å². The molecule has 0 fully saturated rings. The van der Waals surface area contributed by atoms with Crippen LogP contribution in [0.2, 0.25) is 0 Å². The summed E-state index contributed by atoms with van der Waals surface area (Å²) in [7, 11) is 0. The number of fused-ring (bicyclic) bond motifs is 1. The molecule has 2 heterocycles. The van der Waals surface area contributed by atoms with E-state index in [1.165, 1.54) is 0 Å². The zero-order valence-corrected chi connectivity index (χ0v) is 12.6. The van der Waals surface area contributed by atoms with Gasteiger partial charge in [0.15, 0.2) is 5.82 Å². The zero-order valence-electron chi connectivity index (χ0n) is 12.6. The van der Waals surface area contributed by atoms with Crippen molar-refractivity contribution in [2.24, 2.45) is 5.92 Å². The molecule has 0 radical (unpaired) electrons. The SMILES string of the molecule is CC(C)CN(Cc1nn[nH]n1)C(=O)c1cc2ccccc2[nH]1. The number of benzene rings is 1. The largest absolute Gasteiger partial charge is 0.351 e. The molecule has 2 aromatic heterocycles. The number of rotatable bonds is 5. The van der Waals surface area contributed by atoms with E-state index in [-0.39, 0.29) is 5.91 Å². The lowest BCUT2D eigenvalue weighted by Crippen LogP contribution is -2.34. The zero-order chi connectivity index (χ0) is 15.5. The molecule has 0 bridgehead atoms. The molecular weight excluding hydrogens is 280 g/mol. The van der Waals surface area contributed by atoms with Gasteiger partial charge in [0.05, 0.1) is 6.54 Å². The maximum Gasteiger partial charge on any atom is 0.270 e. The Balaban J connectivity index is 1.87. The molecule has 0 aliphatic carbocycles. The van der Waals surface area contributed by atoms with Gasteiger partial charge < -0.3 is 9.88 Å². The van der Waals surface area contributed by atoms with Crippen LogP contribution in [0.3, 0.4) is 0 Å². The molecule has 0 spiro atoms. The van der Waals surface area contributed by atoms with Crippen molar-refractivity contribution in [1.29, 1.82) is 0 Å². The van der Waals surface area contributed by atoms with Gasteiger partial charge in [-0.25, -0.2) is 0 Å². The van der Waals surface area contributed by atoms with Crippen molar-refractivity contribution in [1.82, 2.24) is 30.5 Å².